The Kier molecular flexibility index (Phi) is 5.62. The van der Waals surface area contributed by atoms with Crippen molar-refractivity contribution in [3.63, 3.8) is 0 Å². The Balaban J connectivity index is 1.17. The first-order chi connectivity index (χ1) is 17.6. The molecule has 0 bridgehead atoms. The molecule has 1 aromatic carbocycles. The maximum absolute atomic E-state index is 6.10. The molecule has 4 aromatic heterocycles. The molecule has 0 N–H and O–H groups in total. The summed E-state index contributed by atoms with van der Waals surface area (Å²) in [5, 5.41) is 21.2. The van der Waals surface area contributed by atoms with Gasteiger partial charge in [0.2, 0.25) is 11.8 Å². The number of benzene rings is 1. The van der Waals surface area contributed by atoms with Gasteiger partial charge in [-0.2, -0.15) is 14.8 Å². The quantitative estimate of drug-likeness (QED) is 0.341. The minimum Gasteiger partial charge on any atom is -0.438 e. The molecule has 0 saturated heterocycles. The molecule has 0 amide bonds. The first-order valence-electron chi connectivity index (χ1n) is 12.1. The van der Waals surface area contributed by atoms with E-state index in [0.29, 0.717) is 17.5 Å². The highest BCUT2D eigenvalue weighted by atomic mass is 16.5. The van der Waals surface area contributed by atoms with E-state index in [-0.39, 0.29) is 17.9 Å². The normalized spacial score (nSPS) is 18.2. The van der Waals surface area contributed by atoms with E-state index in [2.05, 4.69) is 54.6 Å². The predicted octanol–water partition coefficient (Wildman–Crippen LogP) is 4.31. The smallest absolute Gasteiger partial charge is 0.233 e. The summed E-state index contributed by atoms with van der Waals surface area (Å²) >= 11 is 0. The van der Waals surface area contributed by atoms with Crippen LogP contribution in [0.25, 0.3) is 16.7 Å². The largest absolute Gasteiger partial charge is 0.438 e. The fraction of sp³-hybridized carbons (Fsp3) is 0.417. The van der Waals surface area contributed by atoms with Gasteiger partial charge in [-0.3, -0.25) is 0 Å². The van der Waals surface area contributed by atoms with Gasteiger partial charge >= 0.3 is 0 Å². The molecule has 184 valence electrons. The van der Waals surface area contributed by atoms with Gasteiger partial charge in [-0.05, 0) is 67.3 Å². The van der Waals surface area contributed by atoms with Crippen LogP contribution in [0.15, 0.2) is 41.3 Å². The number of rotatable bonds is 6. The maximum atomic E-state index is 6.10. The first-order valence-corrected chi connectivity index (χ1v) is 12.1. The van der Waals surface area contributed by atoms with Crippen LogP contribution in [0, 0.1) is 6.92 Å². The lowest BCUT2D eigenvalue weighted by atomic mass is 9.86. The zero-order valence-electron chi connectivity index (χ0n) is 20.3. The van der Waals surface area contributed by atoms with Crippen LogP contribution >= 0.6 is 0 Å². The molecule has 4 heterocycles. The molecular formula is C24H26N10O2. The molecule has 36 heavy (non-hydrogen) atoms. The summed E-state index contributed by atoms with van der Waals surface area (Å²) < 4.78 is 15.3. The van der Waals surface area contributed by atoms with Crippen LogP contribution in [0.5, 0.6) is 11.6 Å². The van der Waals surface area contributed by atoms with Crippen LogP contribution in [0.2, 0.25) is 0 Å². The highest BCUT2D eigenvalue weighted by Gasteiger charge is 2.29. The summed E-state index contributed by atoms with van der Waals surface area (Å²) in [5.74, 6) is 3.91. The van der Waals surface area contributed by atoms with Crippen LogP contribution in [0.4, 0.5) is 0 Å². The van der Waals surface area contributed by atoms with E-state index in [9.17, 15) is 0 Å². The molecule has 0 atom stereocenters. The van der Waals surface area contributed by atoms with Gasteiger partial charge in [-0.1, -0.05) is 19.0 Å². The summed E-state index contributed by atoms with van der Waals surface area (Å²) in [6.45, 7) is 5.99. The number of aryl methyl sites for hydroxylation is 1. The Labute approximate surface area is 206 Å². The Morgan fingerprint density at radius 3 is 2.56 bits per heavy atom. The lowest BCUT2D eigenvalue weighted by Gasteiger charge is -2.26. The second-order valence-electron chi connectivity index (χ2n) is 9.39. The molecule has 6 rings (SSSR count). The Bertz CT molecular complexity index is 1480. The fourth-order valence-electron chi connectivity index (χ4n) is 4.64. The number of hydrogen-bond donors (Lipinski definition) is 0. The van der Waals surface area contributed by atoms with E-state index in [1.54, 1.807) is 10.9 Å². The summed E-state index contributed by atoms with van der Waals surface area (Å²) in [4.78, 5) is 13.5. The van der Waals surface area contributed by atoms with Crippen molar-refractivity contribution in [2.45, 2.75) is 64.3 Å². The number of fused-ring (bicyclic) bond motifs is 1. The van der Waals surface area contributed by atoms with Gasteiger partial charge in [-0.15, -0.1) is 5.10 Å². The van der Waals surface area contributed by atoms with Crippen molar-refractivity contribution < 1.29 is 9.26 Å². The van der Waals surface area contributed by atoms with Crippen molar-refractivity contribution >= 4 is 11.0 Å². The van der Waals surface area contributed by atoms with Crippen LogP contribution in [-0.2, 0) is 0 Å². The third kappa shape index (κ3) is 4.08. The Morgan fingerprint density at radius 1 is 1.06 bits per heavy atom. The molecule has 0 spiro atoms. The Hall–Kier alpha value is -4.22. The van der Waals surface area contributed by atoms with Crippen molar-refractivity contribution in [1.82, 2.24) is 50.1 Å². The van der Waals surface area contributed by atoms with Gasteiger partial charge in [0.15, 0.2) is 17.3 Å². The van der Waals surface area contributed by atoms with Crippen molar-refractivity contribution in [3.05, 3.63) is 54.3 Å². The van der Waals surface area contributed by atoms with E-state index in [1.165, 1.54) is 6.33 Å². The highest BCUT2D eigenvalue weighted by molar-refractivity contribution is 5.80. The average Bonchev–Trinajstić information content (AvgIpc) is 3.65. The van der Waals surface area contributed by atoms with Gasteiger partial charge in [0.25, 0.3) is 0 Å². The van der Waals surface area contributed by atoms with Gasteiger partial charge in [-0.25, -0.2) is 14.6 Å². The summed E-state index contributed by atoms with van der Waals surface area (Å²) in [5.41, 5.74) is 1.62. The molecule has 12 nitrogen and oxygen atoms in total. The van der Waals surface area contributed by atoms with E-state index in [4.69, 9.17) is 9.26 Å². The second-order valence-corrected chi connectivity index (χ2v) is 9.39. The maximum Gasteiger partial charge on any atom is 0.233 e. The summed E-state index contributed by atoms with van der Waals surface area (Å²) in [7, 11) is 0. The number of tetrazole rings is 1. The van der Waals surface area contributed by atoms with Crippen molar-refractivity contribution in [1.29, 1.82) is 0 Å². The topological polar surface area (TPSA) is 135 Å². The standard InChI is InChI=1S/C24H26N10O2/c1-14(2)21-28-23(36-30-21)16-4-6-18(7-5-16)34-22-20(12-27-34)24(26-13-25-22)35-19-10-8-17(9-11-19)33-15(3)29-31-32-33/h8-14,16,18H,4-7H2,1-3H3. The van der Waals surface area contributed by atoms with Gasteiger partial charge < -0.3 is 9.26 Å². The fourth-order valence-corrected chi connectivity index (χ4v) is 4.64. The minimum atomic E-state index is 0.243. The van der Waals surface area contributed by atoms with Crippen LogP contribution in [-0.4, -0.2) is 50.1 Å². The van der Waals surface area contributed by atoms with Crippen molar-refractivity contribution in [2.24, 2.45) is 0 Å². The van der Waals surface area contributed by atoms with E-state index in [0.717, 1.165) is 54.1 Å². The van der Waals surface area contributed by atoms with Crippen LogP contribution in [0.3, 0.4) is 0 Å². The molecule has 0 aliphatic heterocycles. The molecule has 0 unspecified atom stereocenters. The third-order valence-electron chi connectivity index (χ3n) is 6.64. The van der Waals surface area contributed by atoms with E-state index < -0.39 is 0 Å². The number of ether oxygens (including phenoxy) is 1. The molecule has 1 aliphatic carbocycles. The zero-order chi connectivity index (χ0) is 24.6. The molecule has 1 fully saturated rings. The average molecular weight is 487 g/mol. The van der Waals surface area contributed by atoms with Crippen molar-refractivity contribution in [3.8, 4) is 17.3 Å². The number of hydrogen-bond acceptors (Lipinski definition) is 10. The predicted molar refractivity (Wildman–Crippen MR) is 128 cm³/mol. The highest BCUT2D eigenvalue weighted by Crippen LogP contribution is 2.39. The molecular weight excluding hydrogens is 460 g/mol. The Morgan fingerprint density at radius 2 is 1.86 bits per heavy atom. The van der Waals surface area contributed by atoms with Gasteiger partial charge in [0, 0.05) is 11.8 Å². The minimum absolute atomic E-state index is 0.243. The monoisotopic (exact) mass is 486 g/mol. The SMILES string of the molecule is Cc1nnnn1-c1ccc(Oc2ncnc3c2cnn3C2CCC(c3nc(C(C)C)no3)CC2)cc1. The number of aromatic nitrogens is 10. The lowest BCUT2D eigenvalue weighted by Crippen LogP contribution is -2.18. The van der Waals surface area contributed by atoms with Crippen molar-refractivity contribution in [2.75, 3.05) is 0 Å². The van der Waals surface area contributed by atoms with E-state index >= 15 is 0 Å². The number of nitrogens with zero attached hydrogens (tertiary/aromatic N) is 10. The molecule has 1 aliphatic rings. The van der Waals surface area contributed by atoms with Crippen LogP contribution < -0.4 is 4.74 Å². The van der Waals surface area contributed by atoms with Gasteiger partial charge in [0.1, 0.15) is 17.5 Å². The molecule has 1 saturated carbocycles. The molecule has 0 radical (unpaired) electrons. The molecule has 5 aromatic rings. The zero-order valence-corrected chi connectivity index (χ0v) is 20.3. The third-order valence-corrected chi connectivity index (χ3v) is 6.64. The summed E-state index contributed by atoms with van der Waals surface area (Å²) in [6.07, 6.45) is 7.15. The van der Waals surface area contributed by atoms with Gasteiger partial charge in [0.05, 0.1) is 17.9 Å². The summed E-state index contributed by atoms with van der Waals surface area (Å²) in [6, 6.07) is 7.75. The second kappa shape index (κ2) is 9.10. The van der Waals surface area contributed by atoms with Crippen LogP contribution in [0.1, 0.15) is 74.9 Å². The van der Waals surface area contributed by atoms with E-state index in [1.807, 2.05) is 35.9 Å². The molecule has 12 heteroatoms. The first kappa shape index (κ1) is 22.3. The lowest BCUT2D eigenvalue weighted by molar-refractivity contribution is 0.263.